The Morgan fingerprint density at radius 2 is 2.16 bits per heavy atom. The van der Waals surface area contributed by atoms with Crippen molar-refractivity contribution in [2.24, 2.45) is 0 Å². The third-order valence-corrected chi connectivity index (χ3v) is 5.57. The molecular weight excluding hydrogens is 419 g/mol. The molecule has 0 bridgehead atoms. The number of nitrogen functional groups attached to an aromatic ring is 1. The number of aromatic nitrogens is 2. The van der Waals surface area contributed by atoms with Crippen LogP contribution < -0.4 is 21.1 Å². The smallest absolute Gasteiger partial charge is 0.413 e. The maximum Gasteiger partial charge on any atom is 0.413 e. The van der Waals surface area contributed by atoms with Gasteiger partial charge >= 0.3 is 6.09 Å². The van der Waals surface area contributed by atoms with E-state index in [1.165, 1.54) is 6.20 Å². The van der Waals surface area contributed by atoms with Crippen LogP contribution in [0.15, 0.2) is 24.5 Å². The highest BCUT2D eigenvalue weighted by atomic mass is 19.1. The van der Waals surface area contributed by atoms with Crippen molar-refractivity contribution < 1.29 is 23.9 Å². The molecular formula is C21H21FN6O4. The molecule has 0 spiro atoms. The van der Waals surface area contributed by atoms with Gasteiger partial charge in [0.15, 0.2) is 5.82 Å². The first-order chi connectivity index (χ1) is 15.4. The lowest BCUT2D eigenvalue weighted by atomic mass is 9.97. The van der Waals surface area contributed by atoms with Gasteiger partial charge in [0.25, 0.3) is 0 Å². The van der Waals surface area contributed by atoms with Gasteiger partial charge in [-0.1, -0.05) is 0 Å². The number of pyridine rings is 2. The highest BCUT2D eigenvalue weighted by Gasteiger charge is 2.29. The van der Waals surface area contributed by atoms with Crippen LogP contribution in [0.1, 0.15) is 5.56 Å². The fraction of sp³-hybridized carbons (Fsp3) is 0.286. The fourth-order valence-electron chi connectivity index (χ4n) is 3.83. The minimum Gasteiger partial charge on any atom is -0.474 e. The molecule has 3 aromatic rings. The Balaban J connectivity index is 1.49. The first kappa shape index (κ1) is 20.2. The van der Waals surface area contributed by atoms with E-state index in [2.05, 4.69) is 20.6 Å². The van der Waals surface area contributed by atoms with Crippen LogP contribution in [-0.4, -0.2) is 58.7 Å². The molecule has 1 saturated heterocycles. The highest BCUT2D eigenvalue weighted by molar-refractivity contribution is 5.99. The minimum atomic E-state index is -0.689. The van der Waals surface area contributed by atoms with Crippen molar-refractivity contribution in [3.8, 4) is 17.0 Å². The number of ether oxygens (including phenoxy) is 2. The van der Waals surface area contributed by atoms with Crippen molar-refractivity contribution in [2.45, 2.75) is 13.0 Å². The molecule has 1 amide bonds. The van der Waals surface area contributed by atoms with Crippen LogP contribution in [0.4, 0.5) is 26.4 Å². The molecule has 0 radical (unpaired) electrons. The Morgan fingerprint density at radius 1 is 1.34 bits per heavy atom. The monoisotopic (exact) mass is 440 g/mol. The van der Waals surface area contributed by atoms with Gasteiger partial charge in [-0.3, -0.25) is 5.32 Å². The number of halogens is 1. The first-order valence-electron chi connectivity index (χ1n) is 10.1. The number of nitrogens with zero attached hydrogens (tertiary/aromatic N) is 3. The standard InChI is InChI=1S/C21H21FN6O4/c1-10-14(6-26-20-19(10)24-2-3-31-20)13-4-11-5-16(25-7-15(11)18(23)17(13)22)27-21(29)32-12-8-28(30)9-12/h4-7,12,24,30H,2-3,8-9,23H2,1H3,(H,25,27,29). The number of rotatable bonds is 3. The molecule has 0 aliphatic carbocycles. The van der Waals surface area contributed by atoms with Gasteiger partial charge in [-0.25, -0.2) is 19.2 Å². The largest absolute Gasteiger partial charge is 0.474 e. The van der Waals surface area contributed by atoms with Crippen LogP contribution in [0.25, 0.3) is 21.9 Å². The Bertz CT molecular complexity index is 1230. The zero-order chi connectivity index (χ0) is 22.4. The maximum absolute atomic E-state index is 15.2. The Kier molecular flexibility index (Phi) is 4.91. The van der Waals surface area contributed by atoms with Crippen molar-refractivity contribution in [1.29, 1.82) is 0 Å². The summed E-state index contributed by atoms with van der Waals surface area (Å²) in [5.41, 5.74) is 8.43. The predicted octanol–water partition coefficient (Wildman–Crippen LogP) is 2.75. The summed E-state index contributed by atoms with van der Waals surface area (Å²) in [4.78, 5) is 20.5. The van der Waals surface area contributed by atoms with Crippen molar-refractivity contribution in [2.75, 3.05) is 42.6 Å². The van der Waals surface area contributed by atoms with E-state index in [0.29, 0.717) is 35.4 Å². The topological polar surface area (TPSA) is 135 Å². The van der Waals surface area contributed by atoms with Gasteiger partial charge in [0.2, 0.25) is 5.88 Å². The molecule has 0 saturated carbocycles. The molecule has 5 N–H and O–H groups in total. The number of amides is 1. The molecule has 2 aliphatic heterocycles. The molecule has 1 aromatic carbocycles. The lowest BCUT2D eigenvalue weighted by Crippen LogP contribution is -2.51. The average molecular weight is 440 g/mol. The van der Waals surface area contributed by atoms with E-state index in [1.54, 1.807) is 18.3 Å². The average Bonchev–Trinajstić information content (AvgIpc) is 2.76. The molecule has 0 unspecified atom stereocenters. The van der Waals surface area contributed by atoms with E-state index in [1.807, 2.05) is 6.92 Å². The van der Waals surface area contributed by atoms with Crippen LogP contribution in [0.5, 0.6) is 5.88 Å². The second kappa shape index (κ2) is 7.77. The Morgan fingerprint density at radius 3 is 2.94 bits per heavy atom. The van der Waals surface area contributed by atoms with E-state index in [4.69, 9.17) is 20.4 Å². The Labute approximate surface area is 182 Å². The number of fused-ring (bicyclic) bond motifs is 2. The number of hydroxylamine groups is 2. The van der Waals surface area contributed by atoms with Crippen LogP contribution >= 0.6 is 0 Å². The number of benzene rings is 1. The first-order valence-corrected chi connectivity index (χ1v) is 10.1. The summed E-state index contributed by atoms with van der Waals surface area (Å²) in [6, 6.07) is 3.24. The molecule has 32 heavy (non-hydrogen) atoms. The van der Waals surface area contributed by atoms with Crippen molar-refractivity contribution in [3.63, 3.8) is 0 Å². The number of carbonyl (C=O) groups excluding carboxylic acids is 1. The highest BCUT2D eigenvalue weighted by Crippen LogP contribution is 2.39. The quantitative estimate of drug-likeness (QED) is 0.453. The molecule has 5 rings (SSSR count). The summed E-state index contributed by atoms with van der Waals surface area (Å²) in [6.45, 7) is 3.52. The van der Waals surface area contributed by atoms with Gasteiger partial charge in [0.1, 0.15) is 24.2 Å². The van der Waals surface area contributed by atoms with E-state index in [-0.39, 0.29) is 36.3 Å². The van der Waals surface area contributed by atoms with E-state index >= 15 is 4.39 Å². The molecule has 11 heteroatoms. The summed E-state index contributed by atoms with van der Waals surface area (Å²) >= 11 is 0. The molecule has 0 atom stereocenters. The van der Waals surface area contributed by atoms with Gasteiger partial charge < -0.3 is 25.7 Å². The molecule has 1 fully saturated rings. The predicted molar refractivity (Wildman–Crippen MR) is 115 cm³/mol. The molecule has 166 valence electrons. The minimum absolute atomic E-state index is 0.0436. The third kappa shape index (κ3) is 3.51. The van der Waals surface area contributed by atoms with Gasteiger partial charge in [-0.05, 0) is 30.0 Å². The number of hydrogen-bond donors (Lipinski definition) is 4. The van der Waals surface area contributed by atoms with Crippen molar-refractivity contribution >= 4 is 34.1 Å². The number of nitrogens with two attached hydrogens (primary N) is 1. The van der Waals surface area contributed by atoms with Gasteiger partial charge in [0, 0.05) is 35.5 Å². The third-order valence-electron chi connectivity index (χ3n) is 5.57. The van der Waals surface area contributed by atoms with Crippen LogP contribution in [0.3, 0.4) is 0 Å². The van der Waals surface area contributed by atoms with Crippen molar-refractivity contribution in [3.05, 3.63) is 35.9 Å². The van der Waals surface area contributed by atoms with E-state index < -0.39 is 11.9 Å². The van der Waals surface area contributed by atoms with Crippen LogP contribution in [0, 0.1) is 12.7 Å². The molecule has 2 aromatic heterocycles. The summed E-state index contributed by atoms with van der Waals surface area (Å²) in [6.07, 6.45) is 1.89. The fourth-order valence-corrected chi connectivity index (χ4v) is 3.83. The van der Waals surface area contributed by atoms with E-state index in [0.717, 1.165) is 16.3 Å². The van der Waals surface area contributed by atoms with Crippen LogP contribution in [-0.2, 0) is 4.74 Å². The van der Waals surface area contributed by atoms with Gasteiger partial charge in [-0.15, -0.1) is 0 Å². The summed E-state index contributed by atoms with van der Waals surface area (Å²) < 4.78 is 25.9. The van der Waals surface area contributed by atoms with Crippen LogP contribution in [0.2, 0.25) is 0 Å². The normalized spacial score (nSPS) is 16.0. The second-order valence-corrected chi connectivity index (χ2v) is 7.72. The van der Waals surface area contributed by atoms with Gasteiger partial charge in [0.05, 0.1) is 18.8 Å². The number of carbonyl (C=O) groups is 1. The SMILES string of the molecule is Cc1c(-c2cc3cc(NC(=O)OC4CN(O)C4)ncc3c(N)c2F)cnc2c1NCCO2. The van der Waals surface area contributed by atoms with Crippen molar-refractivity contribution in [1.82, 2.24) is 15.0 Å². The number of nitrogens with one attached hydrogen (secondary N) is 2. The molecule has 2 aliphatic rings. The van der Waals surface area contributed by atoms with E-state index in [9.17, 15) is 4.79 Å². The maximum atomic E-state index is 15.2. The van der Waals surface area contributed by atoms with Gasteiger partial charge in [-0.2, -0.15) is 5.06 Å². The number of anilines is 3. The summed E-state index contributed by atoms with van der Waals surface area (Å²) in [5, 5.41) is 17.0. The zero-order valence-electron chi connectivity index (χ0n) is 17.2. The zero-order valence-corrected chi connectivity index (χ0v) is 17.2. The summed E-state index contributed by atoms with van der Waals surface area (Å²) in [5.74, 6) is 0.145. The number of hydrogen-bond acceptors (Lipinski definition) is 9. The summed E-state index contributed by atoms with van der Waals surface area (Å²) in [7, 11) is 0. The second-order valence-electron chi connectivity index (χ2n) is 7.72. The lowest BCUT2D eigenvalue weighted by molar-refractivity contribution is -0.189. The Hall–Kier alpha value is -3.70. The molecule has 4 heterocycles. The molecule has 10 nitrogen and oxygen atoms in total. The lowest BCUT2D eigenvalue weighted by Gasteiger charge is -2.32.